The summed E-state index contributed by atoms with van der Waals surface area (Å²) in [5.74, 6) is 0. The highest BCUT2D eigenvalue weighted by molar-refractivity contribution is 4.47. The molecule has 0 spiro atoms. The third kappa shape index (κ3) is 9.84. The van der Waals surface area contributed by atoms with Gasteiger partial charge in [0, 0.05) is 0 Å². The number of hydrogen-bond acceptors (Lipinski definition) is 4. The monoisotopic (exact) mass is 176 g/mol. The standard InChI is InChI=1S/C8H20N2O2/c11-7-9-5-3-1-2-4-6-10-8-12/h9-12H,1-8H2. The van der Waals surface area contributed by atoms with Crippen LogP contribution in [0.2, 0.25) is 0 Å². The number of unbranched alkanes of at least 4 members (excludes halogenated alkanes) is 3. The lowest BCUT2D eigenvalue weighted by Crippen LogP contribution is -2.17. The summed E-state index contributed by atoms with van der Waals surface area (Å²) in [6, 6.07) is 0. The molecule has 4 N–H and O–H groups in total. The van der Waals surface area contributed by atoms with E-state index in [2.05, 4.69) is 10.6 Å². The van der Waals surface area contributed by atoms with Gasteiger partial charge in [-0.2, -0.15) is 0 Å². The van der Waals surface area contributed by atoms with Gasteiger partial charge in [-0.05, 0) is 25.9 Å². The van der Waals surface area contributed by atoms with Gasteiger partial charge < -0.3 is 10.2 Å². The fraction of sp³-hybridized carbons (Fsp3) is 1.00. The van der Waals surface area contributed by atoms with Crippen LogP contribution in [0.25, 0.3) is 0 Å². The lowest BCUT2D eigenvalue weighted by atomic mass is 10.2. The molecule has 4 nitrogen and oxygen atoms in total. The molecule has 0 aromatic rings. The Kier molecular flexibility index (Phi) is 10.7. The molecule has 4 heteroatoms. The Balaban J connectivity index is 2.73. The molecule has 0 aliphatic carbocycles. The summed E-state index contributed by atoms with van der Waals surface area (Å²) < 4.78 is 0. The fourth-order valence-electron chi connectivity index (χ4n) is 1.01. The predicted octanol–water partition coefficient (Wildman–Crippen LogP) is -0.374. The van der Waals surface area contributed by atoms with Gasteiger partial charge in [-0.1, -0.05) is 12.8 Å². The van der Waals surface area contributed by atoms with E-state index in [4.69, 9.17) is 10.2 Å². The van der Waals surface area contributed by atoms with E-state index in [-0.39, 0.29) is 13.5 Å². The predicted molar refractivity (Wildman–Crippen MR) is 48.6 cm³/mol. The Bertz CT molecular complexity index is 71.5. The summed E-state index contributed by atoms with van der Waals surface area (Å²) in [5, 5.41) is 22.5. The van der Waals surface area contributed by atoms with Crippen LogP contribution in [0.3, 0.4) is 0 Å². The summed E-state index contributed by atoms with van der Waals surface area (Å²) in [6.07, 6.45) is 4.58. The van der Waals surface area contributed by atoms with Crippen molar-refractivity contribution in [2.75, 3.05) is 26.6 Å². The lowest BCUT2D eigenvalue weighted by Gasteiger charge is -2.02. The van der Waals surface area contributed by atoms with Crippen molar-refractivity contribution in [3.8, 4) is 0 Å². The Morgan fingerprint density at radius 3 is 1.42 bits per heavy atom. The van der Waals surface area contributed by atoms with Crippen LogP contribution < -0.4 is 10.6 Å². The molecule has 0 atom stereocenters. The average Bonchev–Trinajstić information content (AvgIpc) is 2.10. The molecule has 0 fully saturated rings. The van der Waals surface area contributed by atoms with E-state index in [0.29, 0.717) is 0 Å². The highest BCUT2D eigenvalue weighted by atomic mass is 16.3. The van der Waals surface area contributed by atoms with Crippen LogP contribution in [-0.2, 0) is 0 Å². The molecule has 0 aliphatic rings. The van der Waals surface area contributed by atoms with Crippen LogP contribution in [0.15, 0.2) is 0 Å². The van der Waals surface area contributed by atoms with Crippen molar-refractivity contribution >= 4 is 0 Å². The second kappa shape index (κ2) is 10.8. The van der Waals surface area contributed by atoms with Crippen molar-refractivity contribution in [3.63, 3.8) is 0 Å². The van der Waals surface area contributed by atoms with Gasteiger partial charge in [0.2, 0.25) is 0 Å². The zero-order valence-electron chi connectivity index (χ0n) is 7.55. The van der Waals surface area contributed by atoms with Gasteiger partial charge in [0.25, 0.3) is 0 Å². The SMILES string of the molecule is OCNCCCCCCNCO. The quantitative estimate of drug-likeness (QED) is 0.286. The molecule has 0 rings (SSSR count). The first kappa shape index (κ1) is 11.8. The highest BCUT2D eigenvalue weighted by Crippen LogP contribution is 1.97. The van der Waals surface area contributed by atoms with Crippen LogP contribution in [-0.4, -0.2) is 36.8 Å². The van der Waals surface area contributed by atoms with Gasteiger partial charge in [0.05, 0.1) is 13.5 Å². The Morgan fingerprint density at radius 2 is 1.08 bits per heavy atom. The van der Waals surface area contributed by atoms with E-state index < -0.39 is 0 Å². The molecule has 0 amide bonds. The smallest absolute Gasteiger partial charge is 0.0931 e. The Morgan fingerprint density at radius 1 is 0.667 bits per heavy atom. The topological polar surface area (TPSA) is 64.5 Å². The van der Waals surface area contributed by atoms with E-state index in [0.717, 1.165) is 25.9 Å². The Labute approximate surface area is 74.0 Å². The average molecular weight is 176 g/mol. The molecule has 0 bridgehead atoms. The van der Waals surface area contributed by atoms with Crippen LogP contribution in [0.5, 0.6) is 0 Å². The second-order valence-corrected chi connectivity index (χ2v) is 2.73. The van der Waals surface area contributed by atoms with Crippen molar-refractivity contribution in [2.45, 2.75) is 25.7 Å². The maximum absolute atomic E-state index is 8.39. The largest absolute Gasteiger partial charge is 0.381 e. The normalized spacial score (nSPS) is 10.5. The minimum Gasteiger partial charge on any atom is -0.381 e. The molecule has 0 saturated carbocycles. The summed E-state index contributed by atoms with van der Waals surface area (Å²) in [5.41, 5.74) is 0. The maximum Gasteiger partial charge on any atom is 0.0931 e. The number of aliphatic hydroxyl groups is 2. The number of hydrogen-bond donors (Lipinski definition) is 4. The molecule has 0 unspecified atom stereocenters. The van der Waals surface area contributed by atoms with E-state index in [1.807, 2.05) is 0 Å². The first-order valence-corrected chi connectivity index (χ1v) is 4.55. The number of aliphatic hydroxyl groups excluding tert-OH is 2. The lowest BCUT2D eigenvalue weighted by molar-refractivity contribution is 0.257. The molecule has 74 valence electrons. The molecular weight excluding hydrogens is 156 g/mol. The molecule has 0 heterocycles. The molecule has 0 aromatic heterocycles. The van der Waals surface area contributed by atoms with E-state index in [1.54, 1.807) is 0 Å². The van der Waals surface area contributed by atoms with Crippen molar-refractivity contribution < 1.29 is 10.2 Å². The summed E-state index contributed by atoms with van der Waals surface area (Å²) >= 11 is 0. The molecule has 0 radical (unpaired) electrons. The summed E-state index contributed by atoms with van der Waals surface area (Å²) in [7, 11) is 0. The van der Waals surface area contributed by atoms with Crippen LogP contribution >= 0.6 is 0 Å². The van der Waals surface area contributed by atoms with Gasteiger partial charge >= 0.3 is 0 Å². The zero-order valence-corrected chi connectivity index (χ0v) is 7.55. The first-order valence-electron chi connectivity index (χ1n) is 4.55. The molecule has 0 aliphatic heterocycles. The number of nitrogens with one attached hydrogen (secondary N) is 2. The zero-order chi connectivity index (χ0) is 9.07. The van der Waals surface area contributed by atoms with Crippen molar-refractivity contribution in [3.05, 3.63) is 0 Å². The number of rotatable bonds is 9. The van der Waals surface area contributed by atoms with Crippen molar-refractivity contribution in [2.24, 2.45) is 0 Å². The third-order valence-corrected chi connectivity index (χ3v) is 1.68. The van der Waals surface area contributed by atoms with Gasteiger partial charge in [-0.15, -0.1) is 0 Å². The maximum atomic E-state index is 8.39. The highest BCUT2D eigenvalue weighted by Gasteiger charge is 1.89. The summed E-state index contributed by atoms with van der Waals surface area (Å²) in [4.78, 5) is 0. The first-order chi connectivity index (χ1) is 5.91. The molecular formula is C8H20N2O2. The fourth-order valence-corrected chi connectivity index (χ4v) is 1.01. The van der Waals surface area contributed by atoms with E-state index in [9.17, 15) is 0 Å². The van der Waals surface area contributed by atoms with Crippen LogP contribution in [0.1, 0.15) is 25.7 Å². The minimum atomic E-state index is 0.0755. The van der Waals surface area contributed by atoms with Crippen LogP contribution in [0.4, 0.5) is 0 Å². The Hall–Kier alpha value is -0.160. The molecule has 0 aromatic carbocycles. The van der Waals surface area contributed by atoms with Gasteiger partial charge in [0.1, 0.15) is 0 Å². The van der Waals surface area contributed by atoms with Crippen LogP contribution in [0, 0.1) is 0 Å². The minimum absolute atomic E-state index is 0.0755. The van der Waals surface area contributed by atoms with Gasteiger partial charge in [-0.25, -0.2) is 0 Å². The van der Waals surface area contributed by atoms with Crippen molar-refractivity contribution in [1.82, 2.24) is 10.6 Å². The van der Waals surface area contributed by atoms with E-state index in [1.165, 1.54) is 12.8 Å². The second-order valence-electron chi connectivity index (χ2n) is 2.73. The van der Waals surface area contributed by atoms with Crippen molar-refractivity contribution in [1.29, 1.82) is 0 Å². The van der Waals surface area contributed by atoms with E-state index >= 15 is 0 Å². The molecule has 0 saturated heterocycles. The summed E-state index contributed by atoms with van der Waals surface area (Å²) in [6.45, 7) is 1.94. The molecule has 12 heavy (non-hydrogen) atoms. The van der Waals surface area contributed by atoms with Gasteiger partial charge in [0.15, 0.2) is 0 Å². The van der Waals surface area contributed by atoms with Gasteiger partial charge in [-0.3, -0.25) is 10.6 Å². The third-order valence-electron chi connectivity index (χ3n) is 1.68.